The zero-order chi connectivity index (χ0) is 19.5. The predicted molar refractivity (Wildman–Crippen MR) is 115 cm³/mol. The summed E-state index contributed by atoms with van der Waals surface area (Å²) >= 11 is 1.70. The Morgan fingerprint density at radius 1 is 0.828 bits per heavy atom. The molecule has 0 fully saturated rings. The van der Waals surface area contributed by atoms with Gasteiger partial charge in [-0.15, -0.1) is 21.5 Å². The first-order valence-corrected chi connectivity index (χ1v) is 10.2. The van der Waals surface area contributed by atoms with E-state index in [0.29, 0.717) is 0 Å². The second-order valence-electron chi connectivity index (χ2n) is 7.09. The van der Waals surface area contributed by atoms with Gasteiger partial charge in [0.1, 0.15) is 11.3 Å². The molecule has 1 aromatic carbocycles. The number of imidazole rings is 1. The van der Waals surface area contributed by atoms with E-state index >= 15 is 0 Å². The molecule has 6 nitrogen and oxygen atoms in total. The number of hydrogen-bond acceptors (Lipinski definition) is 5. The van der Waals surface area contributed by atoms with E-state index in [4.69, 9.17) is 10.1 Å². The number of pyridine rings is 1. The molecule has 0 amide bonds. The molecular weight excluding hydrogens is 380 g/mol. The van der Waals surface area contributed by atoms with Crippen molar-refractivity contribution in [3.63, 3.8) is 0 Å². The fourth-order valence-corrected chi connectivity index (χ4v) is 4.70. The van der Waals surface area contributed by atoms with Crippen molar-refractivity contribution in [3.8, 4) is 21.1 Å². The minimum Gasteiger partial charge on any atom is -0.306 e. The lowest BCUT2D eigenvalue weighted by molar-refractivity contribution is 0.887. The average molecular weight is 396 g/mol. The van der Waals surface area contributed by atoms with Crippen LogP contribution >= 0.6 is 11.3 Å². The van der Waals surface area contributed by atoms with E-state index in [1.54, 1.807) is 11.3 Å². The zero-order valence-electron chi connectivity index (χ0n) is 15.9. The van der Waals surface area contributed by atoms with Gasteiger partial charge in [-0.2, -0.15) is 9.61 Å². The Hall–Kier alpha value is -3.58. The first-order valence-electron chi connectivity index (χ1n) is 9.35. The first-order chi connectivity index (χ1) is 14.2. The summed E-state index contributed by atoms with van der Waals surface area (Å²) in [6.45, 7) is 4.00. The van der Waals surface area contributed by atoms with Crippen LogP contribution in [0.3, 0.4) is 0 Å². The van der Waals surface area contributed by atoms with Gasteiger partial charge in [-0.05, 0) is 37.6 Å². The third-order valence-electron chi connectivity index (χ3n) is 5.19. The van der Waals surface area contributed by atoms with E-state index in [2.05, 4.69) is 58.1 Å². The monoisotopic (exact) mass is 396 g/mol. The molecule has 29 heavy (non-hydrogen) atoms. The second-order valence-corrected chi connectivity index (χ2v) is 8.17. The summed E-state index contributed by atoms with van der Waals surface area (Å²) in [7, 11) is 0. The maximum Gasteiger partial charge on any atom is 0.185 e. The summed E-state index contributed by atoms with van der Waals surface area (Å²) in [6.07, 6.45) is 4.11. The van der Waals surface area contributed by atoms with E-state index < -0.39 is 0 Å². The van der Waals surface area contributed by atoms with Crippen molar-refractivity contribution in [1.82, 2.24) is 29.2 Å². The van der Waals surface area contributed by atoms with Gasteiger partial charge in [0.15, 0.2) is 11.5 Å². The third-order valence-corrected chi connectivity index (χ3v) is 6.30. The van der Waals surface area contributed by atoms with Crippen LogP contribution in [-0.4, -0.2) is 29.2 Å². The minimum atomic E-state index is 0.777. The Morgan fingerprint density at radius 2 is 1.66 bits per heavy atom. The molecule has 0 saturated carbocycles. The van der Waals surface area contributed by atoms with Crippen LogP contribution < -0.4 is 0 Å². The van der Waals surface area contributed by atoms with E-state index in [0.717, 1.165) is 54.6 Å². The number of aryl methyl sites for hydroxylation is 2. The topological polar surface area (TPSA) is 60.4 Å². The van der Waals surface area contributed by atoms with Gasteiger partial charge in [0.05, 0.1) is 15.4 Å². The summed E-state index contributed by atoms with van der Waals surface area (Å²) in [5.74, 6) is 0.777. The number of fused-ring (bicyclic) bond motifs is 4. The predicted octanol–water partition coefficient (Wildman–Crippen LogP) is 4.94. The quantitative estimate of drug-likeness (QED) is 0.416. The molecule has 6 aromatic rings. The van der Waals surface area contributed by atoms with Gasteiger partial charge in [-0.25, -0.2) is 4.98 Å². The van der Waals surface area contributed by atoms with Crippen LogP contribution in [0.5, 0.6) is 0 Å². The Bertz CT molecular complexity index is 1540. The Kier molecular flexibility index (Phi) is 3.36. The molecule has 0 spiro atoms. The summed E-state index contributed by atoms with van der Waals surface area (Å²) in [4.78, 5) is 7.05. The van der Waals surface area contributed by atoms with Crippen molar-refractivity contribution >= 4 is 33.4 Å². The molecule has 0 N–H and O–H groups in total. The molecule has 0 saturated heterocycles. The van der Waals surface area contributed by atoms with Gasteiger partial charge in [-0.1, -0.05) is 30.3 Å². The third kappa shape index (κ3) is 2.41. The van der Waals surface area contributed by atoms with E-state index in [1.165, 1.54) is 0 Å². The van der Waals surface area contributed by atoms with Gasteiger partial charge in [-0.3, -0.25) is 0 Å². The smallest absolute Gasteiger partial charge is 0.185 e. The van der Waals surface area contributed by atoms with Crippen LogP contribution in [0.1, 0.15) is 11.4 Å². The molecule has 140 valence electrons. The maximum absolute atomic E-state index is 4.87. The molecule has 0 atom stereocenters. The molecule has 0 aliphatic carbocycles. The summed E-state index contributed by atoms with van der Waals surface area (Å²) in [5.41, 5.74) is 4.85. The van der Waals surface area contributed by atoms with Crippen molar-refractivity contribution in [3.05, 3.63) is 72.3 Å². The van der Waals surface area contributed by atoms with Crippen LogP contribution in [0.4, 0.5) is 0 Å². The molecule has 5 heterocycles. The molecule has 6 rings (SSSR count). The van der Waals surface area contributed by atoms with Crippen LogP contribution in [0.25, 0.3) is 43.2 Å². The van der Waals surface area contributed by atoms with Crippen LogP contribution in [0.15, 0.2) is 60.9 Å². The van der Waals surface area contributed by atoms with E-state index in [9.17, 15) is 0 Å². The number of thiophene rings is 1. The first kappa shape index (κ1) is 16.4. The largest absolute Gasteiger partial charge is 0.306 e. The van der Waals surface area contributed by atoms with Crippen LogP contribution in [0.2, 0.25) is 0 Å². The maximum atomic E-state index is 4.87. The molecular formula is C22H16N6S. The Labute approximate surface area is 170 Å². The molecule has 5 aromatic heterocycles. The average Bonchev–Trinajstić information content (AvgIpc) is 3.46. The zero-order valence-corrected chi connectivity index (χ0v) is 16.7. The molecule has 0 radical (unpaired) electrons. The van der Waals surface area contributed by atoms with Crippen LogP contribution in [0, 0.1) is 13.8 Å². The number of hydrogen-bond donors (Lipinski definition) is 0. The fraction of sp³-hybridized carbons (Fsp3) is 0.0909. The minimum absolute atomic E-state index is 0.777. The Balaban J connectivity index is 1.56. The number of benzene rings is 1. The van der Waals surface area contributed by atoms with Crippen molar-refractivity contribution in [2.75, 3.05) is 0 Å². The van der Waals surface area contributed by atoms with Gasteiger partial charge < -0.3 is 4.40 Å². The highest BCUT2D eigenvalue weighted by Crippen LogP contribution is 2.37. The van der Waals surface area contributed by atoms with Crippen molar-refractivity contribution < 1.29 is 0 Å². The van der Waals surface area contributed by atoms with E-state index in [1.807, 2.05) is 35.8 Å². The molecule has 0 aliphatic heterocycles. The number of nitrogens with zero attached hydrogens (tertiary/aromatic N) is 6. The van der Waals surface area contributed by atoms with Crippen molar-refractivity contribution in [1.29, 1.82) is 0 Å². The highest BCUT2D eigenvalue weighted by atomic mass is 32.1. The summed E-state index contributed by atoms with van der Waals surface area (Å²) < 4.78 is 3.90. The lowest BCUT2D eigenvalue weighted by Crippen LogP contribution is -1.98. The van der Waals surface area contributed by atoms with Gasteiger partial charge in [0.25, 0.3) is 0 Å². The highest BCUT2D eigenvalue weighted by Gasteiger charge is 2.16. The molecule has 7 heteroatoms. The Morgan fingerprint density at radius 3 is 2.52 bits per heavy atom. The van der Waals surface area contributed by atoms with Crippen LogP contribution in [-0.2, 0) is 0 Å². The molecule has 0 aliphatic rings. The standard InChI is InChI=1S/C22H16N6S/c1-13-6-5-11-27-12-17(23-21(13)27)18-9-10-19(29-18)20-15-7-3-4-8-16(15)22-25-24-14(2)28(22)26-20/h3-12H,1-2H3. The van der Waals surface area contributed by atoms with Gasteiger partial charge in [0.2, 0.25) is 0 Å². The van der Waals surface area contributed by atoms with Crippen molar-refractivity contribution in [2.24, 2.45) is 0 Å². The molecule has 0 bridgehead atoms. The molecule has 0 unspecified atom stereocenters. The number of rotatable bonds is 2. The number of aromatic nitrogens is 6. The summed E-state index contributed by atoms with van der Waals surface area (Å²) in [6, 6.07) is 16.6. The highest BCUT2D eigenvalue weighted by molar-refractivity contribution is 7.18. The lowest BCUT2D eigenvalue weighted by Gasteiger charge is -2.06. The SMILES string of the molecule is Cc1cccn2cc(-c3ccc(-c4nn5c(C)nnc5c5ccccc45)s3)nc12. The lowest BCUT2D eigenvalue weighted by atomic mass is 10.1. The second kappa shape index (κ2) is 5.96. The van der Waals surface area contributed by atoms with Gasteiger partial charge in [0, 0.05) is 23.2 Å². The van der Waals surface area contributed by atoms with Crippen molar-refractivity contribution in [2.45, 2.75) is 13.8 Å². The fourth-order valence-electron chi connectivity index (χ4n) is 3.74. The van der Waals surface area contributed by atoms with Gasteiger partial charge >= 0.3 is 0 Å². The summed E-state index contributed by atoms with van der Waals surface area (Å²) in [5, 5.41) is 15.5. The normalized spacial score (nSPS) is 11.8. The van der Waals surface area contributed by atoms with E-state index in [-0.39, 0.29) is 0 Å².